The molecule has 5 rings (SSSR count). The highest BCUT2D eigenvalue weighted by Crippen LogP contribution is 2.39. The number of nitrogens with zero attached hydrogens (tertiary/aromatic N) is 3. The number of rotatable bonds is 5. The van der Waals surface area contributed by atoms with E-state index < -0.39 is 0 Å². The van der Waals surface area contributed by atoms with Crippen molar-refractivity contribution < 1.29 is 9.84 Å². The molecular formula is C24H29N4O2. The first-order valence-electron chi connectivity index (χ1n) is 10.8. The molecule has 0 amide bonds. The van der Waals surface area contributed by atoms with Crippen molar-refractivity contribution in [2.75, 3.05) is 5.32 Å². The van der Waals surface area contributed by atoms with Crippen molar-refractivity contribution in [2.24, 2.45) is 5.92 Å². The SMILES string of the molecule is [CH2][C@H]1C[C@@H](n2ccc3c(N[C@@H]4c5ccccc5C[C@@H]4OC(C)C)ncnc32)C[C@@H]1O. The zero-order valence-electron chi connectivity index (χ0n) is 17.5. The van der Waals surface area contributed by atoms with Crippen molar-refractivity contribution in [3.8, 4) is 0 Å². The van der Waals surface area contributed by atoms with Gasteiger partial charge in [0, 0.05) is 18.7 Å². The van der Waals surface area contributed by atoms with Crippen LogP contribution in [-0.2, 0) is 11.2 Å². The van der Waals surface area contributed by atoms with E-state index in [-0.39, 0.29) is 36.3 Å². The molecule has 1 aromatic carbocycles. The molecule has 0 unspecified atom stereocenters. The maximum absolute atomic E-state index is 10.1. The molecule has 1 saturated carbocycles. The number of fused-ring (bicyclic) bond motifs is 2. The van der Waals surface area contributed by atoms with Gasteiger partial charge in [-0.05, 0) is 56.7 Å². The second-order valence-corrected chi connectivity index (χ2v) is 8.88. The largest absolute Gasteiger partial charge is 0.393 e. The summed E-state index contributed by atoms with van der Waals surface area (Å²) < 4.78 is 8.42. The molecular weight excluding hydrogens is 376 g/mol. The predicted molar refractivity (Wildman–Crippen MR) is 117 cm³/mol. The van der Waals surface area contributed by atoms with Crippen LogP contribution in [0, 0.1) is 12.8 Å². The van der Waals surface area contributed by atoms with Crippen molar-refractivity contribution >= 4 is 16.9 Å². The highest BCUT2D eigenvalue weighted by Gasteiger charge is 2.35. The molecule has 2 aliphatic carbocycles. The lowest BCUT2D eigenvalue weighted by molar-refractivity contribution is 0.00375. The molecule has 6 nitrogen and oxygen atoms in total. The van der Waals surface area contributed by atoms with Crippen molar-refractivity contribution in [3.05, 3.63) is 60.9 Å². The third-order valence-electron chi connectivity index (χ3n) is 6.46. The van der Waals surface area contributed by atoms with Crippen LogP contribution < -0.4 is 5.32 Å². The van der Waals surface area contributed by atoms with Crippen LogP contribution in [0.25, 0.3) is 11.0 Å². The summed E-state index contributed by atoms with van der Waals surface area (Å²) in [5, 5.41) is 14.8. The Morgan fingerprint density at radius 3 is 2.80 bits per heavy atom. The summed E-state index contributed by atoms with van der Waals surface area (Å²) in [6.45, 7) is 8.23. The summed E-state index contributed by atoms with van der Waals surface area (Å²) in [5.74, 6) is 0.887. The molecule has 0 bridgehead atoms. The van der Waals surface area contributed by atoms with Crippen LogP contribution in [0.1, 0.15) is 49.9 Å². The smallest absolute Gasteiger partial charge is 0.145 e. The predicted octanol–water partition coefficient (Wildman–Crippen LogP) is 4.08. The molecule has 3 aromatic rings. The fourth-order valence-corrected chi connectivity index (χ4v) is 5.03. The number of hydrogen-bond acceptors (Lipinski definition) is 5. The van der Waals surface area contributed by atoms with Gasteiger partial charge in [0.05, 0.1) is 29.7 Å². The fraction of sp³-hybridized carbons (Fsp3) is 0.458. The summed E-state index contributed by atoms with van der Waals surface area (Å²) in [7, 11) is 0. The lowest BCUT2D eigenvalue weighted by Crippen LogP contribution is -2.27. The highest BCUT2D eigenvalue weighted by molar-refractivity contribution is 5.87. The normalized spacial score (nSPS) is 28.4. The Morgan fingerprint density at radius 1 is 1.20 bits per heavy atom. The summed E-state index contributed by atoms with van der Waals surface area (Å²) in [6, 6.07) is 10.9. The van der Waals surface area contributed by atoms with Gasteiger partial charge < -0.3 is 19.7 Å². The van der Waals surface area contributed by atoms with Crippen LogP contribution in [0.15, 0.2) is 42.9 Å². The molecule has 6 heteroatoms. The van der Waals surface area contributed by atoms with E-state index in [4.69, 9.17) is 4.74 Å². The highest BCUT2D eigenvalue weighted by atomic mass is 16.5. The van der Waals surface area contributed by atoms with Crippen LogP contribution in [-0.4, -0.2) is 38.0 Å². The molecule has 0 saturated heterocycles. The second kappa shape index (κ2) is 7.67. The van der Waals surface area contributed by atoms with Crippen molar-refractivity contribution in [1.82, 2.24) is 14.5 Å². The monoisotopic (exact) mass is 405 g/mol. The molecule has 2 N–H and O–H groups in total. The van der Waals surface area contributed by atoms with E-state index in [9.17, 15) is 5.11 Å². The molecule has 0 aliphatic heterocycles. The molecule has 5 atom stereocenters. The Balaban J connectivity index is 1.48. The van der Waals surface area contributed by atoms with E-state index in [1.807, 2.05) is 0 Å². The number of benzene rings is 1. The number of aliphatic hydroxyl groups excluding tert-OH is 1. The van der Waals surface area contributed by atoms with Crippen molar-refractivity contribution in [2.45, 2.75) is 63.5 Å². The zero-order valence-corrected chi connectivity index (χ0v) is 17.5. The topological polar surface area (TPSA) is 72.2 Å². The molecule has 2 heterocycles. The minimum Gasteiger partial charge on any atom is -0.393 e. The number of aromatic nitrogens is 3. The van der Waals surface area contributed by atoms with Crippen LogP contribution >= 0.6 is 0 Å². The summed E-state index contributed by atoms with van der Waals surface area (Å²) >= 11 is 0. The Kier molecular flexibility index (Phi) is 4.99. The van der Waals surface area contributed by atoms with E-state index in [2.05, 4.69) is 77.2 Å². The Hall–Kier alpha value is -2.44. The van der Waals surface area contributed by atoms with Gasteiger partial charge in [0.15, 0.2) is 0 Å². The van der Waals surface area contributed by atoms with Gasteiger partial charge in [0.2, 0.25) is 0 Å². The van der Waals surface area contributed by atoms with Crippen molar-refractivity contribution in [1.29, 1.82) is 0 Å². The Bertz CT molecular complexity index is 1040. The summed E-state index contributed by atoms with van der Waals surface area (Å²) in [6.07, 6.45) is 6.01. The molecule has 0 spiro atoms. The quantitative estimate of drug-likeness (QED) is 0.669. The third-order valence-corrected chi connectivity index (χ3v) is 6.46. The van der Waals surface area contributed by atoms with Gasteiger partial charge in [0.1, 0.15) is 17.8 Å². The Labute approximate surface area is 177 Å². The van der Waals surface area contributed by atoms with Gasteiger partial charge in [-0.3, -0.25) is 0 Å². The number of hydrogen-bond donors (Lipinski definition) is 2. The summed E-state index contributed by atoms with van der Waals surface area (Å²) in [5.41, 5.74) is 3.49. The number of anilines is 1. The average molecular weight is 406 g/mol. The van der Waals surface area contributed by atoms with Crippen LogP contribution in [0.5, 0.6) is 0 Å². The number of nitrogens with one attached hydrogen (secondary N) is 1. The third kappa shape index (κ3) is 3.38. The van der Waals surface area contributed by atoms with E-state index >= 15 is 0 Å². The lowest BCUT2D eigenvalue weighted by Gasteiger charge is -2.25. The average Bonchev–Trinajstić information content (AvgIpc) is 3.38. The van der Waals surface area contributed by atoms with Gasteiger partial charge in [-0.25, -0.2) is 9.97 Å². The lowest BCUT2D eigenvalue weighted by atomic mass is 10.1. The Morgan fingerprint density at radius 2 is 2.03 bits per heavy atom. The standard InChI is InChI=1S/C24H29N4O2/c1-14(2)30-21-11-16-6-4-5-7-18(16)22(21)27-23-19-8-9-28(24(19)26-13-25-23)17-10-15(3)20(29)12-17/h4-9,13-15,17,20-22,29H,3,10-12H2,1-2H3,(H,25,26,27)/t15-,17+,20-,21-,22+/m0/s1. The maximum atomic E-state index is 10.1. The molecule has 1 fully saturated rings. The van der Waals surface area contributed by atoms with Gasteiger partial charge in [-0.15, -0.1) is 0 Å². The zero-order chi connectivity index (χ0) is 20.8. The molecule has 2 aliphatic rings. The van der Waals surface area contributed by atoms with Crippen LogP contribution in [0.2, 0.25) is 0 Å². The minimum absolute atomic E-state index is 0.0441. The van der Waals surface area contributed by atoms with Crippen molar-refractivity contribution in [3.63, 3.8) is 0 Å². The van der Waals surface area contributed by atoms with E-state index in [1.165, 1.54) is 11.1 Å². The molecule has 157 valence electrons. The van der Waals surface area contributed by atoms with Crippen LogP contribution in [0.4, 0.5) is 5.82 Å². The second-order valence-electron chi connectivity index (χ2n) is 8.88. The molecule has 2 aromatic heterocycles. The van der Waals surface area contributed by atoms with E-state index in [0.717, 1.165) is 29.7 Å². The number of ether oxygens (including phenoxy) is 1. The summed E-state index contributed by atoms with van der Waals surface area (Å²) in [4.78, 5) is 9.14. The fourth-order valence-electron chi connectivity index (χ4n) is 5.03. The first kappa shape index (κ1) is 19.5. The van der Waals surface area contributed by atoms with Gasteiger partial charge >= 0.3 is 0 Å². The minimum atomic E-state index is -0.351. The van der Waals surface area contributed by atoms with E-state index in [0.29, 0.717) is 6.42 Å². The van der Waals surface area contributed by atoms with E-state index in [1.54, 1.807) is 6.33 Å². The first-order chi connectivity index (χ1) is 14.5. The first-order valence-corrected chi connectivity index (χ1v) is 10.8. The van der Waals surface area contributed by atoms with Gasteiger partial charge in [-0.1, -0.05) is 24.3 Å². The van der Waals surface area contributed by atoms with Gasteiger partial charge in [-0.2, -0.15) is 0 Å². The van der Waals surface area contributed by atoms with Crippen LogP contribution in [0.3, 0.4) is 0 Å². The molecule has 1 radical (unpaired) electrons. The number of aliphatic hydroxyl groups is 1. The van der Waals surface area contributed by atoms with Gasteiger partial charge in [0.25, 0.3) is 0 Å². The molecule has 30 heavy (non-hydrogen) atoms. The maximum Gasteiger partial charge on any atom is 0.145 e.